The van der Waals surface area contributed by atoms with E-state index in [1.165, 1.54) is 12.1 Å². The molecular formula is C16H18O4. The summed E-state index contributed by atoms with van der Waals surface area (Å²) in [6, 6.07) is 6.41. The summed E-state index contributed by atoms with van der Waals surface area (Å²) in [5, 5.41) is 8.86. The molecule has 0 bridgehead atoms. The van der Waals surface area contributed by atoms with Crippen LogP contribution in [0.4, 0.5) is 0 Å². The normalized spacial score (nSPS) is 22.2. The molecule has 4 heteroatoms. The van der Waals surface area contributed by atoms with E-state index in [2.05, 4.69) is 0 Å². The third-order valence-corrected chi connectivity index (χ3v) is 3.42. The lowest BCUT2D eigenvalue weighted by molar-refractivity contribution is -0.132. The highest BCUT2D eigenvalue weighted by Crippen LogP contribution is 2.39. The van der Waals surface area contributed by atoms with E-state index in [1.807, 2.05) is 13.8 Å². The zero-order valence-corrected chi connectivity index (χ0v) is 12.1. The van der Waals surface area contributed by atoms with E-state index in [0.29, 0.717) is 5.57 Å². The molecule has 1 aliphatic rings. The van der Waals surface area contributed by atoms with Gasteiger partial charge in [-0.2, -0.15) is 0 Å². The summed E-state index contributed by atoms with van der Waals surface area (Å²) < 4.78 is 5.78. The van der Waals surface area contributed by atoms with Gasteiger partial charge in [0.15, 0.2) is 5.78 Å². The van der Waals surface area contributed by atoms with Crippen molar-refractivity contribution in [3.05, 3.63) is 41.0 Å². The van der Waals surface area contributed by atoms with Crippen LogP contribution in [0.15, 0.2) is 29.8 Å². The van der Waals surface area contributed by atoms with Crippen LogP contribution in [0.1, 0.15) is 43.6 Å². The maximum atomic E-state index is 12.3. The van der Waals surface area contributed by atoms with Gasteiger partial charge in [-0.3, -0.25) is 4.79 Å². The van der Waals surface area contributed by atoms with Gasteiger partial charge < -0.3 is 9.84 Å². The van der Waals surface area contributed by atoms with Crippen LogP contribution in [-0.2, 0) is 9.53 Å². The van der Waals surface area contributed by atoms with Crippen molar-refractivity contribution in [2.24, 2.45) is 0 Å². The summed E-state index contributed by atoms with van der Waals surface area (Å²) in [5.74, 6) is -1.00. The number of benzene rings is 1. The van der Waals surface area contributed by atoms with Crippen molar-refractivity contribution in [3.8, 4) is 0 Å². The van der Waals surface area contributed by atoms with E-state index in [9.17, 15) is 9.59 Å². The molecular weight excluding hydrogens is 256 g/mol. The number of rotatable bonds is 2. The zero-order valence-electron chi connectivity index (χ0n) is 12.1. The fourth-order valence-electron chi connectivity index (χ4n) is 2.46. The van der Waals surface area contributed by atoms with Crippen LogP contribution in [0.3, 0.4) is 0 Å². The third-order valence-electron chi connectivity index (χ3n) is 3.42. The summed E-state index contributed by atoms with van der Waals surface area (Å²) in [6.07, 6.45) is 1.77. The summed E-state index contributed by atoms with van der Waals surface area (Å²) >= 11 is 0. The Hall–Kier alpha value is -1.94. The van der Waals surface area contributed by atoms with Crippen LogP contribution < -0.4 is 0 Å². The van der Waals surface area contributed by atoms with Crippen molar-refractivity contribution in [3.63, 3.8) is 0 Å². The van der Waals surface area contributed by atoms with Gasteiger partial charge >= 0.3 is 5.97 Å². The molecule has 4 nitrogen and oxygen atoms in total. The number of ketones is 1. The van der Waals surface area contributed by atoms with Crippen molar-refractivity contribution in [1.82, 2.24) is 0 Å². The van der Waals surface area contributed by atoms with E-state index in [-0.39, 0.29) is 11.3 Å². The minimum Gasteiger partial charge on any atom is -0.478 e. The van der Waals surface area contributed by atoms with Gasteiger partial charge in [-0.25, -0.2) is 4.79 Å². The van der Waals surface area contributed by atoms with Crippen molar-refractivity contribution in [2.45, 2.75) is 38.9 Å². The Morgan fingerprint density at radius 1 is 1.10 bits per heavy atom. The largest absolute Gasteiger partial charge is 0.478 e. The molecule has 1 aliphatic heterocycles. The van der Waals surface area contributed by atoms with Crippen LogP contribution in [0.2, 0.25) is 0 Å². The van der Waals surface area contributed by atoms with Gasteiger partial charge in [-0.1, -0.05) is 12.1 Å². The van der Waals surface area contributed by atoms with Gasteiger partial charge in [-0.05, 0) is 51.5 Å². The van der Waals surface area contributed by atoms with Crippen molar-refractivity contribution in [2.75, 3.05) is 0 Å². The number of carboxylic acids is 1. The average Bonchev–Trinajstić information content (AvgIpc) is 2.48. The predicted molar refractivity (Wildman–Crippen MR) is 75.6 cm³/mol. The monoisotopic (exact) mass is 274 g/mol. The second-order valence-electron chi connectivity index (χ2n) is 5.94. The molecule has 0 aromatic heterocycles. The molecule has 1 N–H and O–H groups in total. The van der Waals surface area contributed by atoms with Crippen LogP contribution in [0.25, 0.3) is 6.08 Å². The fourth-order valence-corrected chi connectivity index (χ4v) is 2.46. The van der Waals surface area contributed by atoms with E-state index in [0.717, 1.165) is 5.56 Å². The lowest BCUT2D eigenvalue weighted by Gasteiger charge is -2.22. The molecule has 0 radical (unpaired) electrons. The Morgan fingerprint density at radius 3 is 2.05 bits per heavy atom. The van der Waals surface area contributed by atoms with Gasteiger partial charge in [0.2, 0.25) is 0 Å². The Kier molecular flexibility index (Phi) is 3.30. The maximum Gasteiger partial charge on any atom is 0.335 e. The summed E-state index contributed by atoms with van der Waals surface area (Å²) in [4.78, 5) is 23.1. The molecule has 0 atom stereocenters. The van der Waals surface area contributed by atoms with Gasteiger partial charge in [0.25, 0.3) is 0 Å². The molecule has 0 amide bonds. The van der Waals surface area contributed by atoms with Crippen molar-refractivity contribution >= 4 is 17.8 Å². The summed E-state index contributed by atoms with van der Waals surface area (Å²) in [5.41, 5.74) is 0.140. The van der Waals surface area contributed by atoms with E-state index >= 15 is 0 Å². The van der Waals surface area contributed by atoms with E-state index in [1.54, 1.807) is 32.1 Å². The number of carbonyl (C=O) groups excluding carboxylic acids is 1. The number of Topliss-reactive ketones (excluding diaryl/α,β-unsaturated/α-hetero) is 1. The lowest BCUT2D eigenvalue weighted by atomic mass is 9.90. The highest BCUT2D eigenvalue weighted by molar-refractivity contribution is 6.08. The summed E-state index contributed by atoms with van der Waals surface area (Å²) in [7, 11) is 0. The first-order valence-corrected chi connectivity index (χ1v) is 6.44. The Labute approximate surface area is 118 Å². The first-order valence-electron chi connectivity index (χ1n) is 6.44. The van der Waals surface area contributed by atoms with Gasteiger partial charge in [0.05, 0.1) is 11.2 Å². The topological polar surface area (TPSA) is 63.6 Å². The number of carbonyl (C=O) groups is 2. The number of aromatic carboxylic acids is 1. The molecule has 1 aromatic carbocycles. The standard InChI is InChI=1S/C16H18O4/c1-15(2)12(13(17)16(3,4)20-15)9-10-5-7-11(8-6-10)14(18)19/h5-9H,1-4H3,(H,18,19). The molecule has 0 spiro atoms. The Bertz CT molecular complexity index is 591. The minimum absolute atomic E-state index is 0.0372. The molecule has 1 fully saturated rings. The molecule has 1 aromatic rings. The molecule has 0 unspecified atom stereocenters. The number of carboxylic acid groups (broad SMARTS) is 1. The number of hydrogen-bond acceptors (Lipinski definition) is 3. The van der Waals surface area contributed by atoms with Gasteiger partial charge in [-0.15, -0.1) is 0 Å². The molecule has 1 heterocycles. The minimum atomic E-state index is -0.967. The van der Waals surface area contributed by atoms with Crippen LogP contribution >= 0.6 is 0 Å². The van der Waals surface area contributed by atoms with Crippen LogP contribution in [-0.4, -0.2) is 28.1 Å². The fraction of sp³-hybridized carbons (Fsp3) is 0.375. The van der Waals surface area contributed by atoms with Crippen molar-refractivity contribution < 1.29 is 19.4 Å². The van der Waals surface area contributed by atoms with Gasteiger partial charge in [0.1, 0.15) is 5.60 Å². The van der Waals surface area contributed by atoms with E-state index in [4.69, 9.17) is 9.84 Å². The SMILES string of the molecule is CC1(C)OC(C)(C)C(=Cc2ccc(C(=O)O)cc2)C1=O. The van der Waals surface area contributed by atoms with Gasteiger partial charge in [0, 0.05) is 5.57 Å². The zero-order chi connectivity index (χ0) is 15.1. The first kappa shape index (κ1) is 14.5. The average molecular weight is 274 g/mol. The Balaban J connectivity index is 2.39. The number of hydrogen-bond donors (Lipinski definition) is 1. The Morgan fingerprint density at radius 2 is 1.65 bits per heavy atom. The highest BCUT2D eigenvalue weighted by atomic mass is 16.5. The van der Waals surface area contributed by atoms with E-state index < -0.39 is 17.2 Å². The predicted octanol–water partition coefficient (Wildman–Crippen LogP) is 2.92. The smallest absolute Gasteiger partial charge is 0.335 e. The molecule has 1 saturated heterocycles. The van der Waals surface area contributed by atoms with Crippen LogP contribution in [0, 0.1) is 0 Å². The third kappa shape index (κ3) is 2.51. The molecule has 106 valence electrons. The second kappa shape index (κ2) is 4.56. The molecule has 0 saturated carbocycles. The lowest BCUT2D eigenvalue weighted by Crippen LogP contribution is -2.29. The summed E-state index contributed by atoms with van der Waals surface area (Å²) in [6.45, 7) is 7.23. The van der Waals surface area contributed by atoms with Crippen molar-refractivity contribution in [1.29, 1.82) is 0 Å². The quantitative estimate of drug-likeness (QED) is 0.842. The molecule has 0 aliphatic carbocycles. The number of ether oxygens (including phenoxy) is 1. The molecule has 20 heavy (non-hydrogen) atoms. The maximum absolute atomic E-state index is 12.3. The first-order chi connectivity index (χ1) is 9.13. The molecule has 2 rings (SSSR count). The second-order valence-corrected chi connectivity index (χ2v) is 5.94. The van der Waals surface area contributed by atoms with Crippen LogP contribution in [0.5, 0.6) is 0 Å². The highest BCUT2D eigenvalue weighted by Gasteiger charge is 2.49.